The lowest BCUT2D eigenvalue weighted by Crippen LogP contribution is -2.12. The van der Waals surface area contributed by atoms with Crippen LogP contribution in [0.5, 0.6) is 0 Å². The zero-order chi connectivity index (χ0) is 13.8. The number of nitrogens with zero attached hydrogens (tertiary/aromatic N) is 2. The first kappa shape index (κ1) is 13.6. The normalized spacial score (nSPS) is 10.5. The largest absolute Gasteiger partial charge is 0.461 e. The molecule has 0 spiro atoms. The number of halogens is 1. The SMILES string of the molecule is CCOC(=O)c1cc(-c2cccc(Cl)c2)nn1CC. The van der Waals surface area contributed by atoms with Crippen LogP contribution in [0.4, 0.5) is 0 Å². The van der Waals surface area contributed by atoms with Crippen molar-refractivity contribution < 1.29 is 9.53 Å². The van der Waals surface area contributed by atoms with Crippen molar-refractivity contribution in [1.29, 1.82) is 0 Å². The summed E-state index contributed by atoms with van der Waals surface area (Å²) in [4.78, 5) is 11.8. The molecular weight excluding hydrogens is 264 g/mol. The molecule has 4 nitrogen and oxygen atoms in total. The van der Waals surface area contributed by atoms with Crippen molar-refractivity contribution in [2.75, 3.05) is 6.61 Å². The minimum atomic E-state index is -0.356. The molecule has 2 aromatic rings. The maximum atomic E-state index is 11.8. The van der Waals surface area contributed by atoms with Gasteiger partial charge in [0, 0.05) is 17.1 Å². The monoisotopic (exact) mass is 278 g/mol. The van der Waals surface area contributed by atoms with Gasteiger partial charge in [0.15, 0.2) is 0 Å². The zero-order valence-corrected chi connectivity index (χ0v) is 11.6. The molecule has 0 bridgehead atoms. The molecule has 0 radical (unpaired) electrons. The molecule has 0 aliphatic heterocycles. The average Bonchev–Trinajstić information content (AvgIpc) is 2.83. The molecule has 19 heavy (non-hydrogen) atoms. The van der Waals surface area contributed by atoms with E-state index in [9.17, 15) is 4.79 Å². The summed E-state index contributed by atoms with van der Waals surface area (Å²) in [5.41, 5.74) is 2.05. The minimum Gasteiger partial charge on any atom is -0.461 e. The summed E-state index contributed by atoms with van der Waals surface area (Å²) in [6.45, 7) is 4.66. The number of benzene rings is 1. The Bertz CT molecular complexity index is 593. The van der Waals surface area contributed by atoms with Crippen LogP contribution in [0.3, 0.4) is 0 Å². The van der Waals surface area contributed by atoms with E-state index in [4.69, 9.17) is 16.3 Å². The van der Waals surface area contributed by atoms with Crippen LogP contribution in [0.2, 0.25) is 5.02 Å². The summed E-state index contributed by atoms with van der Waals surface area (Å²) < 4.78 is 6.65. The number of esters is 1. The fourth-order valence-corrected chi connectivity index (χ4v) is 2.01. The molecule has 2 rings (SSSR count). The number of carbonyl (C=O) groups excluding carboxylic acids is 1. The van der Waals surface area contributed by atoms with Crippen molar-refractivity contribution in [1.82, 2.24) is 9.78 Å². The molecule has 1 aromatic heterocycles. The second-order valence-electron chi connectivity index (χ2n) is 3.96. The van der Waals surface area contributed by atoms with Gasteiger partial charge in [-0.25, -0.2) is 4.79 Å². The predicted octanol–water partition coefficient (Wildman–Crippen LogP) is 3.40. The van der Waals surface area contributed by atoms with Crippen molar-refractivity contribution in [3.63, 3.8) is 0 Å². The number of ether oxygens (including phenoxy) is 1. The number of hydrogen-bond acceptors (Lipinski definition) is 3. The first-order valence-corrected chi connectivity index (χ1v) is 6.54. The Hall–Kier alpha value is -1.81. The van der Waals surface area contributed by atoms with E-state index in [0.717, 1.165) is 5.56 Å². The number of rotatable bonds is 4. The van der Waals surface area contributed by atoms with Crippen LogP contribution in [0.15, 0.2) is 30.3 Å². The number of carbonyl (C=O) groups is 1. The molecule has 0 unspecified atom stereocenters. The van der Waals surface area contributed by atoms with Gasteiger partial charge in [-0.3, -0.25) is 4.68 Å². The highest BCUT2D eigenvalue weighted by molar-refractivity contribution is 6.30. The molecule has 0 saturated heterocycles. The lowest BCUT2D eigenvalue weighted by Gasteiger charge is -2.02. The zero-order valence-electron chi connectivity index (χ0n) is 10.9. The van der Waals surface area contributed by atoms with Crippen LogP contribution < -0.4 is 0 Å². The van der Waals surface area contributed by atoms with Crippen molar-refractivity contribution in [3.05, 3.63) is 41.0 Å². The second-order valence-corrected chi connectivity index (χ2v) is 4.40. The molecule has 0 atom stereocenters. The van der Waals surface area contributed by atoms with Crippen molar-refractivity contribution in [3.8, 4) is 11.3 Å². The van der Waals surface area contributed by atoms with Gasteiger partial charge in [-0.2, -0.15) is 5.10 Å². The van der Waals surface area contributed by atoms with E-state index in [1.54, 1.807) is 23.7 Å². The fraction of sp³-hybridized carbons (Fsp3) is 0.286. The van der Waals surface area contributed by atoms with Crippen molar-refractivity contribution >= 4 is 17.6 Å². The Morgan fingerprint density at radius 2 is 2.16 bits per heavy atom. The van der Waals surface area contributed by atoms with Crippen LogP contribution in [-0.2, 0) is 11.3 Å². The van der Waals surface area contributed by atoms with Crippen LogP contribution in [0.25, 0.3) is 11.3 Å². The van der Waals surface area contributed by atoms with E-state index < -0.39 is 0 Å². The van der Waals surface area contributed by atoms with Crippen LogP contribution in [-0.4, -0.2) is 22.4 Å². The minimum absolute atomic E-state index is 0.347. The van der Waals surface area contributed by atoms with E-state index in [0.29, 0.717) is 29.6 Å². The molecule has 0 fully saturated rings. The van der Waals surface area contributed by atoms with E-state index >= 15 is 0 Å². The average molecular weight is 279 g/mol. The van der Waals surface area contributed by atoms with E-state index in [2.05, 4.69) is 5.10 Å². The van der Waals surface area contributed by atoms with Crippen LogP contribution in [0.1, 0.15) is 24.3 Å². The topological polar surface area (TPSA) is 44.1 Å². The molecule has 5 heteroatoms. The standard InChI is InChI=1S/C14H15ClN2O2/c1-3-17-13(14(18)19-4-2)9-12(16-17)10-6-5-7-11(15)8-10/h5-9H,3-4H2,1-2H3. The Kier molecular flexibility index (Phi) is 4.22. The van der Waals surface area contributed by atoms with E-state index in [-0.39, 0.29) is 5.97 Å². The molecule has 0 saturated carbocycles. The first-order valence-electron chi connectivity index (χ1n) is 6.16. The molecule has 0 amide bonds. The van der Waals surface area contributed by atoms with Crippen molar-refractivity contribution in [2.45, 2.75) is 20.4 Å². The molecule has 0 aliphatic rings. The van der Waals surface area contributed by atoms with Crippen LogP contribution >= 0.6 is 11.6 Å². The van der Waals surface area contributed by atoms with Gasteiger partial charge in [0.2, 0.25) is 0 Å². The Morgan fingerprint density at radius 3 is 2.79 bits per heavy atom. The smallest absolute Gasteiger partial charge is 0.356 e. The summed E-state index contributed by atoms with van der Waals surface area (Å²) in [5.74, 6) is -0.356. The third-order valence-corrected chi connectivity index (χ3v) is 2.92. The highest BCUT2D eigenvalue weighted by atomic mass is 35.5. The van der Waals surface area contributed by atoms with Gasteiger partial charge in [-0.05, 0) is 32.0 Å². The number of hydrogen-bond donors (Lipinski definition) is 0. The summed E-state index contributed by atoms with van der Waals surface area (Å²) in [6.07, 6.45) is 0. The highest BCUT2D eigenvalue weighted by Gasteiger charge is 2.16. The van der Waals surface area contributed by atoms with Gasteiger partial charge in [-0.15, -0.1) is 0 Å². The van der Waals surface area contributed by atoms with E-state index in [1.807, 2.05) is 25.1 Å². The molecule has 100 valence electrons. The third kappa shape index (κ3) is 2.96. The molecule has 0 N–H and O–H groups in total. The Labute approximate surface area is 116 Å². The summed E-state index contributed by atoms with van der Waals surface area (Å²) in [6, 6.07) is 9.11. The molecule has 0 aliphatic carbocycles. The first-order chi connectivity index (χ1) is 9.15. The summed E-state index contributed by atoms with van der Waals surface area (Å²) in [7, 11) is 0. The molecule has 1 aromatic carbocycles. The van der Waals surface area contributed by atoms with E-state index in [1.165, 1.54) is 0 Å². The molecule has 1 heterocycles. The second kappa shape index (κ2) is 5.89. The Balaban J connectivity index is 2.41. The maximum Gasteiger partial charge on any atom is 0.356 e. The Morgan fingerprint density at radius 1 is 1.37 bits per heavy atom. The van der Waals surface area contributed by atoms with Gasteiger partial charge in [0.05, 0.1) is 12.3 Å². The number of aryl methyl sites for hydroxylation is 1. The van der Waals surface area contributed by atoms with Gasteiger partial charge in [0.25, 0.3) is 0 Å². The predicted molar refractivity (Wildman–Crippen MR) is 74.3 cm³/mol. The maximum absolute atomic E-state index is 11.8. The van der Waals surface area contributed by atoms with Gasteiger partial charge < -0.3 is 4.74 Å². The lowest BCUT2D eigenvalue weighted by molar-refractivity contribution is 0.0512. The molecular formula is C14H15ClN2O2. The highest BCUT2D eigenvalue weighted by Crippen LogP contribution is 2.22. The summed E-state index contributed by atoms with van der Waals surface area (Å²) >= 11 is 5.96. The quantitative estimate of drug-likeness (QED) is 0.805. The van der Waals surface area contributed by atoms with Gasteiger partial charge in [-0.1, -0.05) is 23.7 Å². The summed E-state index contributed by atoms with van der Waals surface area (Å²) in [5, 5.41) is 5.04. The fourth-order valence-electron chi connectivity index (χ4n) is 1.82. The number of aromatic nitrogens is 2. The van der Waals surface area contributed by atoms with Gasteiger partial charge >= 0.3 is 5.97 Å². The van der Waals surface area contributed by atoms with Gasteiger partial charge in [0.1, 0.15) is 5.69 Å². The lowest BCUT2D eigenvalue weighted by atomic mass is 10.1. The third-order valence-electron chi connectivity index (χ3n) is 2.68. The van der Waals surface area contributed by atoms with Crippen molar-refractivity contribution in [2.24, 2.45) is 0 Å². The van der Waals surface area contributed by atoms with Crippen LogP contribution in [0, 0.1) is 0 Å².